The van der Waals surface area contributed by atoms with Crippen molar-refractivity contribution < 1.29 is 14.6 Å². The van der Waals surface area contributed by atoms with Gasteiger partial charge in [0.15, 0.2) is 0 Å². The summed E-state index contributed by atoms with van der Waals surface area (Å²) in [5.74, 6) is 0.485. The molecule has 1 N–H and O–H groups in total. The quantitative estimate of drug-likeness (QED) is 0.785. The molecule has 1 atom stereocenters. The Bertz CT molecular complexity index is 415. The zero-order valence-electron chi connectivity index (χ0n) is 9.43. The third kappa shape index (κ3) is 2.02. The number of benzene rings is 1. The minimum absolute atomic E-state index is 0.410. The second kappa shape index (κ2) is 4.14. The average Bonchev–Trinajstić information content (AvgIpc) is 2.60. The van der Waals surface area contributed by atoms with Gasteiger partial charge in [-0.25, -0.2) is 4.79 Å². The van der Waals surface area contributed by atoms with Crippen LogP contribution in [0.2, 0.25) is 0 Å². The van der Waals surface area contributed by atoms with Crippen LogP contribution in [-0.2, 0) is 6.42 Å². The van der Waals surface area contributed by atoms with E-state index < -0.39 is 12.2 Å². The molecule has 16 heavy (non-hydrogen) atoms. The first-order chi connectivity index (χ1) is 7.58. The van der Waals surface area contributed by atoms with Crippen LogP contribution in [0.4, 0.5) is 4.79 Å². The van der Waals surface area contributed by atoms with Gasteiger partial charge in [-0.15, -0.1) is 0 Å². The Morgan fingerprint density at radius 2 is 2.25 bits per heavy atom. The molecule has 4 heteroatoms. The van der Waals surface area contributed by atoms with Gasteiger partial charge in [-0.05, 0) is 36.1 Å². The minimum atomic E-state index is -0.423. The van der Waals surface area contributed by atoms with E-state index in [1.807, 2.05) is 6.07 Å². The summed E-state index contributed by atoms with van der Waals surface area (Å²) in [6.07, 6.45) is 0.805. The van der Waals surface area contributed by atoms with Crippen LogP contribution < -0.4 is 4.74 Å². The monoisotopic (exact) mass is 221 g/mol. The van der Waals surface area contributed by atoms with E-state index in [1.54, 1.807) is 26.2 Å². The number of amides is 1. The van der Waals surface area contributed by atoms with Gasteiger partial charge in [0.25, 0.3) is 0 Å². The van der Waals surface area contributed by atoms with Crippen LogP contribution >= 0.6 is 0 Å². The van der Waals surface area contributed by atoms with E-state index in [4.69, 9.17) is 4.74 Å². The Hall–Kier alpha value is -1.55. The SMILES string of the molecule is CN(C)C(=O)Oc1ccc2c(c1)C(O)CC2. The lowest BCUT2D eigenvalue weighted by molar-refractivity contribution is 0.170. The summed E-state index contributed by atoms with van der Waals surface area (Å²) in [7, 11) is 3.26. The number of rotatable bonds is 1. The zero-order chi connectivity index (χ0) is 11.7. The van der Waals surface area contributed by atoms with Crippen molar-refractivity contribution in [2.45, 2.75) is 18.9 Å². The number of ether oxygens (including phenoxy) is 1. The van der Waals surface area contributed by atoms with Crippen LogP contribution in [0.25, 0.3) is 0 Å². The zero-order valence-corrected chi connectivity index (χ0v) is 9.43. The van der Waals surface area contributed by atoms with E-state index in [0.29, 0.717) is 5.75 Å². The van der Waals surface area contributed by atoms with E-state index in [0.717, 1.165) is 24.0 Å². The molecule has 1 aromatic rings. The van der Waals surface area contributed by atoms with Gasteiger partial charge in [0.2, 0.25) is 0 Å². The second-order valence-corrected chi connectivity index (χ2v) is 4.18. The summed E-state index contributed by atoms with van der Waals surface area (Å²) in [5, 5.41) is 9.70. The molecule has 0 saturated carbocycles. The van der Waals surface area contributed by atoms with Crippen molar-refractivity contribution in [3.05, 3.63) is 29.3 Å². The maximum Gasteiger partial charge on any atom is 0.414 e. The van der Waals surface area contributed by atoms with Crippen molar-refractivity contribution in [2.24, 2.45) is 0 Å². The first-order valence-corrected chi connectivity index (χ1v) is 5.28. The van der Waals surface area contributed by atoms with Crippen molar-refractivity contribution in [2.75, 3.05) is 14.1 Å². The largest absolute Gasteiger partial charge is 0.414 e. The predicted molar refractivity (Wildman–Crippen MR) is 59.4 cm³/mol. The molecule has 0 aliphatic heterocycles. The summed E-state index contributed by atoms with van der Waals surface area (Å²) >= 11 is 0. The molecule has 4 nitrogen and oxygen atoms in total. The summed E-state index contributed by atoms with van der Waals surface area (Å²) in [6, 6.07) is 5.41. The maximum absolute atomic E-state index is 11.3. The Kier molecular flexibility index (Phi) is 2.83. The van der Waals surface area contributed by atoms with Gasteiger partial charge in [-0.2, -0.15) is 0 Å². The smallest absolute Gasteiger partial charge is 0.410 e. The van der Waals surface area contributed by atoms with E-state index in [2.05, 4.69) is 0 Å². The number of aryl methyl sites for hydroxylation is 1. The fraction of sp³-hybridized carbons (Fsp3) is 0.417. The standard InChI is InChI=1S/C12H15NO3/c1-13(2)12(15)16-9-5-3-8-4-6-11(14)10(8)7-9/h3,5,7,11,14H,4,6H2,1-2H3. The molecule has 0 spiro atoms. The molecule has 0 fully saturated rings. The van der Waals surface area contributed by atoms with Crippen molar-refractivity contribution in [1.29, 1.82) is 0 Å². The highest BCUT2D eigenvalue weighted by molar-refractivity contribution is 5.70. The molecule has 0 bridgehead atoms. The normalized spacial score (nSPS) is 18.1. The Morgan fingerprint density at radius 1 is 1.50 bits per heavy atom. The molecular weight excluding hydrogens is 206 g/mol. The van der Waals surface area contributed by atoms with Crippen LogP contribution in [0, 0.1) is 0 Å². The van der Waals surface area contributed by atoms with Crippen LogP contribution in [-0.4, -0.2) is 30.2 Å². The Morgan fingerprint density at radius 3 is 2.94 bits per heavy atom. The van der Waals surface area contributed by atoms with Gasteiger partial charge < -0.3 is 14.7 Å². The topological polar surface area (TPSA) is 49.8 Å². The van der Waals surface area contributed by atoms with Crippen molar-refractivity contribution in [3.8, 4) is 5.75 Å². The molecule has 1 aliphatic rings. The van der Waals surface area contributed by atoms with E-state index in [-0.39, 0.29) is 0 Å². The third-order valence-electron chi connectivity index (χ3n) is 2.73. The second-order valence-electron chi connectivity index (χ2n) is 4.18. The number of carbonyl (C=O) groups is 1. The number of nitrogens with zero attached hydrogens (tertiary/aromatic N) is 1. The summed E-state index contributed by atoms with van der Waals surface area (Å²) in [4.78, 5) is 12.7. The molecule has 1 unspecified atom stereocenters. The lowest BCUT2D eigenvalue weighted by Gasteiger charge is -2.12. The lowest BCUT2D eigenvalue weighted by atomic mass is 10.1. The number of aliphatic hydroxyl groups is 1. The summed E-state index contributed by atoms with van der Waals surface area (Å²) in [5.41, 5.74) is 2.02. The average molecular weight is 221 g/mol. The van der Waals surface area contributed by atoms with E-state index in [1.165, 1.54) is 4.90 Å². The van der Waals surface area contributed by atoms with Crippen LogP contribution in [0.3, 0.4) is 0 Å². The molecule has 0 saturated heterocycles. The van der Waals surface area contributed by atoms with Crippen LogP contribution in [0.1, 0.15) is 23.7 Å². The molecular formula is C12H15NO3. The fourth-order valence-corrected chi connectivity index (χ4v) is 1.81. The first kappa shape index (κ1) is 11.0. The third-order valence-corrected chi connectivity index (χ3v) is 2.73. The molecule has 1 aromatic carbocycles. The molecule has 1 aliphatic carbocycles. The number of aliphatic hydroxyl groups excluding tert-OH is 1. The Balaban J connectivity index is 2.18. The highest BCUT2D eigenvalue weighted by atomic mass is 16.6. The molecule has 1 amide bonds. The number of carbonyl (C=O) groups excluding carboxylic acids is 1. The fourth-order valence-electron chi connectivity index (χ4n) is 1.81. The van der Waals surface area contributed by atoms with Gasteiger partial charge in [-0.1, -0.05) is 6.07 Å². The predicted octanol–water partition coefficient (Wildman–Crippen LogP) is 1.73. The molecule has 0 aromatic heterocycles. The van der Waals surface area contributed by atoms with Gasteiger partial charge in [0.05, 0.1) is 6.10 Å². The molecule has 2 rings (SSSR count). The summed E-state index contributed by atoms with van der Waals surface area (Å²) in [6.45, 7) is 0. The van der Waals surface area contributed by atoms with Crippen molar-refractivity contribution >= 4 is 6.09 Å². The number of hydrogen-bond acceptors (Lipinski definition) is 3. The van der Waals surface area contributed by atoms with Crippen molar-refractivity contribution in [1.82, 2.24) is 4.90 Å². The van der Waals surface area contributed by atoms with Crippen LogP contribution in [0.5, 0.6) is 5.75 Å². The maximum atomic E-state index is 11.3. The van der Waals surface area contributed by atoms with Gasteiger partial charge in [0.1, 0.15) is 5.75 Å². The minimum Gasteiger partial charge on any atom is -0.410 e. The lowest BCUT2D eigenvalue weighted by Crippen LogP contribution is -2.25. The molecule has 0 heterocycles. The Labute approximate surface area is 94.4 Å². The highest BCUT2D eigenvalue weighted by Crippen LogP contribution is 2.33. The van der Waals surface area contributed by atoms with Gasteiger partial charge >= 0.3 is 6.09 Å². The van der Waals surface area contributed by atoms with Gasteiger partial charge in [-0.3, -0.25) is 0 Å². The number of fused-ring (bicyclic) bond motifs is 1. The van der Waals surface area contributed by atoms with E-state index >= 15 is 0 Å². The van der Waals surface area contributed by atoms with Crippen LogP contribution in [0.15, 0.2) is 18.2 Å². The first-order valence-electron chi connectivity index (χ1n) is 5.28. The summed E-state index contributed by atoms with van der Waals surface area (Å²) < 4.78 is 5.13. The highest BCUT2D eigenvalue weighted by Gasteiger charge is 2.21. The van der Waals surface area contributed by atoms with Crippen molar-refractivity contribution in [3.63, 3.8) is 0 Å². The molecule has 86 valence electrons. The van der Waals surface area contributed by atoms with E-state index in [9.17, 15) is 9.90 Å². The molecule has 0 radical (unpaired) electrons. The number of hydrogen-bond donors (Lipinski definition) is 1. The van der Waals surface area contributed by atoms with Gasteiger partial charge in [0, 0.05) is 14.1 Å².